The number of imidazole rings is 1. The molecule has 4 nitrogen and oxygen atoms in total. The van der Waals surface area contributed by atoms with Crippen LogP contribution < -0.4 is 4.90 Å². The van der Waals surface area contributed by atoms with Crippen molar-refractivity contribution in [3.63, 3.8) is 0 Å². The normalized spacial score (nSPS) is 17.4. The van der Waals surface area contributed by atoms with Crippen LogP contribution in [0.25, 0.3) is 11.0 Å². The van der Waals surface area contributed by atoms with Gasteiger partial charge < -0.3 is 9.47 Å². The van der Waals surface area contributed by atoms with Crippen LogP contribution in [0.5, 0.6) is 0 Å². The van der Waals surface area contributed by atoms with E-state index in [4.69, 9.17) is 4.98 Å². The van der Waals surface area contributed by atoms with Gasteiger partial charge in [0, 0.05) is 31.1 Å². The number of amides is 1. The van der Waals surface area contributed by atoms with Gasteiger partial charge in [0.2, 0.25) is 5.91 Å². The number of unbranched alkanes of at least 4 members (excludes halogenated alkanes) is 1. The average molecular weight is 401 g/mol. The fraction of sp³-hybridized carbons (Fsp3) is 0.364. The molecule has 1 aliphatic rings. The Bertz CT molecular complexity index is 1040. The van der Waals surface area contributed by atoms with E-state index in [9.17, 15) is 18.0 Å². The first-order chi connectivity index (χ1) is 13.9. The largest absolute Gasteiger partial charge is 0.416 e. The summed E-state index contributed by atoms with van der Waals surface area (Å²) >= 11 is 0. The van der Waals surface area contributed by atoms with Gasteiger partial charge in [0.15, 0.2) is 0 Å². The van der Waals surface area contributed by atoms with Crippen molar-refractivity contribution in [3.05, 3.63) is 59.9 Å². The number of halogens is 3. The molecular weight excluding hydrogens is 379 g/mol. The average Bonchev–Trinajstić information content (AvgIpc) is 3.26. The lowest BCUT2D eigenvalue weighted by Gasteiger charge is -2.19. The Kier molecular flexibility index (Phi) is 5.06. The minimum Gasteiger partial charge on any atom is -0.328 e. The summed E-state index contributed by atoms with van der Waals surface area (Å²) in [5.74, 6) is 0.507. The number of hydrogen-bond acceptors (Lipinski definition) is 2. The third-order valence-corrected chi connectivity index (χ3v) is 5.39. The fourth-order valence-corrected chi connectivity index (χ4v) is 3.94. The fourth-order valence-electron chi connectivity index (χ4n) is 3.94. The highest BCUT2D eigenvalue weighted by Crippen LogP contribution is 2.36. The molecule has 4 rings (SSSR count). The van der Waals surface area contributed by atoms with E-state index in [0.717, 1.165) is 48.4 Å². The van der Waals surface area contributed by atoms with Crippen LogP contribution in [0.1, 0.15) is 43.5 Å². The van der Waals surface area contributed by atoms with E-state index in [1.165, 1.54) is 11.0 Å². The van der Waals surface area contributed by atoms with Gasteiger partial charge in [-0.2, -0.15) is 13.2 Å². The van der Waals surface area contributed by atoms with Gasteiger partial charge in [-0.25, -0.2) is 4.98 Å². The van der Waals surface area contributed by atoms with Crippen LogP contribution in [0.4, 0.5) is 18.9 Å². The first kappa shape index (κ1) is 19.5. The smallest absolute Gasteiger partial charge is 0.328 e. The molecule has 0 N–H and O–H groups in total. The zero-order valence-electron chi connectivity index (χ0n) is 16.1. The molecule has 0 spiro atoms. The summed E-state index contributed by atoms with van der Waals surface area (Å²) in [6, 6.07) is 12.8. The first-order valence-corrected chi connectivity index (χ1v) is 9.81. The molecule has 1 amide bonds. The molecule has 1 fully saturated rings. The molecule has 1 aromatic heterocycles. The molecule has 152 valence electrons. The summed E-state index contributed by atoms with van der Waals surface area (Å²) in [7, 11) is 0. The maximum atomic E-state index is 13.1. The second-order valence-electron chi connectivity index (χ2n) is 7.42. The van der Waals surface area contributed by atoms with E-state index in [1.807, 2.05) is 24.3 Å². The number of rotatable bonds is 5. The zero-order chi connectivity index (χ0) is 20.6. The van der Waals surface area contributed by atoms with Crippen molar-refractivity contribution in [2.45, 2.75) is 44.8 Å². The van der Waals surface area contributed by atoms with E-state index in [0.29, 0.717) is 6.54 Å². The van der Waals surface area contributed by atoms with Gasteiger partial charge in [0.05, 0.1) is 16.6 Å². The number of para-hydroxylation sites is 2. The number of anilines is 1. The van der Waals surface area contributed by atoms with Crippen molar-refractivity contribution in [2.75, 3.05) is 11.4 Å². The Morgan fingerprint density at radius 1 is 1.14 bits per heavy atom. The lowest BCUT2D eigenvalue weighted by Crippen LogP contribution is -2.25. The predicted molar refractivity (Wildman–Crippen MR) is 106 cm³/mol. The van der Waals surface area contributed by atoms with E-state index < -0.39 is 11.7 Å². The van der Waals surface area contributed by atoms with Gasteiger partial charge in [-0.05, 0) is 36.8 Å². The Hall–Kier alpha value is -2.83. The molecule has 2 heterocycles. The van der Waals surface area contributed by atoms with Crippen LogP contribution in [-0.4, -0.2) is 22.0 Å². The Balaban J connectivity index is 1.66. The molecule has 7 heteroatoms. The number of aryl methyl sites for hydroxylation is 1. The predicted octanol–water partition coefficient (Wildman–Crippen LogP) is 5.38. The molecule has 0 saturated carbocycles. The highest BCUT2D eigenvalue weighted by atomic mass is 19.4. The number of hydrogen-bond donors (Lipinski definition) is 0. The number of benzene rings is 2. The summed E-state index contributed by atoms with van der Waals surface area (Å²) < 4.78 is 41.4. The number of fused-ring (bicyclic) bond motifs is 1. The van der Waals surface area contributed by atoms with Crippen molar-refractivity contribution >= 4 is 22.6 Å². The molecule has 0 bridgehead atoms. The molecule has 29 heavy (non-hydrogen) atoms. The van der Waals surface area contributed by atoms with E-state index >= 15 is 0 Å². The number of carbonyl (C=O) groups excluding carboxylic acids is 1. The lowest BCUT2D eigenvalue weighted by molar-refractivity contribution is -0.137. The first-order valence-electron chi connectivity index (χ1n) is 9.81. The van der Waals surface area contributed by atoms with Gasteiger partial charge >= 0.3 is 6.18 Å². The highest BCUT2D eigenvalue weighted by molar-refractivity contribution is 5.96. The Labute approximate surface area is 167 Å². The number of alkyl halides is 3. The van der Waals surface area contributed by atoms with Crippen LogP contribution >= 0.6 is 0 Å². The standard InChI is InChI=1S/C22H22F3N3O/c1-2-3-11-27-19-10-5-4-9-18(19)26-21(27)15-12-20(29)28(14-15)17-8-6-7-16(13-17)22(23,24)25/h4-10,13,15H,2-3,11-12,14H2,1H3/t15-/m0/s1. The minimum absolute atomic E-state index is 0.152. The molecule has 0 aliphatic carbocycles. The number of nitrogens with zero attached hydrogens (tertiary/aromatic N) is 3. The summed E-state index contributed by atoms with van der Waals surface area (Å²) in [6.45, 7) is 3.25. The molecule has 0 unspecified atom stereocenters. The number of aromatic nitrogens is 2. The lowest BCUT2D eigenvalue weighted by atomic mass is 10.1. The number of carbonyl (C=O) groups is 1. The summed E-state index contributed by atoms with van der Waals surface area (Å²) in [5, 5.41) is 0. The quantitative estimate of drug-likeness (QED) is 0.576. The van der Waals surface area contributed by atoms with Crippen molar-refractivity contribution in [1.29, 1.82) is 0 Å². The van der Waals surface area contributed by atoms with Crippen LogP contribution in [0.3, 0.4) is 0 Å². The third kappa shape index (κ3) is 3.73. The molecule has 0 radical (unpaired) electrons. The van der Waals surface area contributed by atoms with Crippen LogP contribution in [-0.2, 0) is 17.5 Å². The van der Waals surface area contributed by atoms with Gasteiger partial charge in [-0.3, -0.25) is 4.79 Å². The maximum absolute atomic E-state index is 13.1. The van der Waals surface area contributed by atoms with Crippen molar-refractivity contribution < 1.29 is 18.0 Å². The van der Waals surface area contributed by atoms with Crippen molar-refractivity contribution in [1.82, 2.24) is 9.55 Å². The van der Waals surface area contributed by atoms with Crippen LogP contribution in [0.15, 0.2) is 48.5 Å². The molecular formula is C22H22F3N3O. The minimum atomic E-state index is -4.44. The molecule has 1 aliphatic heterocycles. The summed E-state index contributed by atoms with van der Waals surface area (Å²) in [4.78, 5) is 18.9. The zero-order valence-corrected chi connectivity index (χ0v) is 16.1. The highest BCUT2D eigenvalue weighted by Gasteiger charge is 2.36. The Morgan fingerprint density at radius 3 is 2.69 bits per heavy atom. The Morgan fingerprint density at radius 2 is 1.93 bits per heavy atom. The second kappa shape index (κ2) is 7.54. The topological polar surface area (TPSA) is 38.1 Å². The van der Waals surface area contributed by atoms with Crippen LogP contribution in [0.2, 0.25) is 0 Å². The molecule has 1 atom stereocenters. The van der Waals surface area contributed by atoms with Crippen molar-refractivity contribution in [2.24, 2.45) is 0 Å². The second-order valence-corrected chi connectivity index (χ2v) is 7.42. The van der Waals surface area contributed by atoms with Gasteiger partial charge in [0.25, 0.3) is 0 Å². The van der Waals surface area contributed by atoms with E-state index in [2.05, 4.69) is 11.5 Å². The van der Waals surface area contributed by atoms with E-state index in [-0.39, 0.29) is 23.9 Å². The molecule has 2 aromatic carbocycles. The SMILES string of the molecule is CCCCn1c([C@H]2CC(=O)N(c3cccc(C(F)(F)F)c3)C2)nc2ccccc21. The summed E-state index contributed by atoms with van der Waals surface area (Å²) in [6.07, 6.45) is -2.17. The van der Waals surface area contributed by atoms with Crippen molar-refractivity contribution in [3.8, 4) is 0 Å². The van der Waals surface area contributed by atoms with E-state index in [1.54, 1.807) is 6.07 Å². The molecule has 3 aromatic rings. The van der Waals surface area contributed by atoms with Crippen LogP contribution in [0, 0.1) is 0 Å². The molecule has 1 saturated heterocycles. The third-order valence-electron chi connectivity index (χ3n) is 5.39. The maximum Gasteiger partial charge on any atom is 0.416 e. The monoisotopic (exact) mass is 401 g/mol. The summed E-state index contributed by atoms with van der Waals surface area (Å²) in [5.41, 5.74) is 1.44. The van der Waals surface area contributed by atoms with Gasteiger partial charge in [-0.1, -0.05) is 31.5 Å². The van der Waals surface area contributed by atoms with Gasteiger partial charge in [-0.15, -0.1) is 0 Å². The van der Waals surface area contributed by atoms with Gasteiger partial charge in [0.1, 0.15) is 5.82 Å².